The lowest BCUT2D eigenvalue weighted by atomic mass is 10.2. The van der Waals surface area contributed by atoms with Gasteiger partial charge in [0.1, 0.15) is 5.75 Å². The molecule has 0 bridgehead atoms. The van der Waals surface area contributed by atoms with Gasteiger partial charge in [-0.3, -0.25) is 0 Å². The molecule has 3 rings (SSSR count). The van der Waals surface area contributed by atoms with Crippen LogP contribution in [0.15, 0.2) is 90.7 Å². The third kappa shape index (κ3) is 3.67. The van der Waals surface area contributed by atoms with Gasteiger partial charge in [-0.2, -0.15) is 0 Å². The van der Waals surface area contributed by atoms with Crippen molar-refractivity contribution < 1.29 is 4.74 Å². The number of ether oxygens (including phenoxy) is 1. The molecule has 1 nitrogen and oxygen atoms in total. The second-order valence-electron chi connectivity index (χ2n) is 5.42. The quantitative estimate of drug-likeness (QED) is 0.612. The van der Waals surface area contributed by atoms with Crippen molar-refractivity contribution >= 4 is 34.5 Å². The van der Waals surface area contributed by atoms with Crippen LogP contribution in [0.2, 0.25) is 0 Å². The highest BCUT2D eigenvalue weighted by molar-refractivity contribution is 8.23. The number of hydrogen-bond acceptors (Lipinski definition) is 2. The molecular weight excluding hydrogens is 331 g/mol. The molecule has 0 amide bonds. The molecule has 0 aliphatic carbocycles. The van der Waals surface area contributed by atoms with Crippen molar-refractivity contribution in [2.75, 3.05) is 7.11 Å². The Hall–Kier alpha value is -2.15. The van der Waals surface area contributed by atoms with Gasteiger partial charge in [-0.15, -0.1) is 0 Å². The Labute approximate surface area is 148 Å². The van der Waals surface area contributed by atoms with Crippen LogP contribution in [-0.4, -0.2) is 7.11 Å². The average molecular weight is 350 g/mol. The topological polar surface area (TPSA) is 9.23 Å². The standard InChI is InChI=1S/C21H19OPS/c1-22-19-14-12-18(13-15-19)16-17-23(24,20-8-4-2-5-9-20)21-10-6-3-7-11-21/h2-17H,1H3/b17-16+. The Bertz CT molecular complexity index is 812. The Morgan fingerprint density at radius 2 is 1.25 bits per heavy atom. The molecule has 0 radical (unpaired) electrons. The zero-order valence-corrected chi connectivity index (χ0v) is 15.2. The number of methoxy groups -OCH3 is 1. The molecule has 0 aliphatic heterocycles. The van der Waals surface area contributed by atoms with Gasteiger partial charge >= 0.3 is 0 Å². The van der Waals surface area contributed by atoms with Gasteiger partial charge in [-0.05, 0) is 34.1 Å². The molecule has 0 N–H and O–H groups in total. The fraction of sp³-hybridized carbons (Fsp3) is 0.0476. The average Bonchev–Trinajstić information content (AvgIpc) is 2.68. The van der Waals surface area contributed by atoms with Crippen LogP contribution in [0.25, 0.3) is 6.08 Å². The lowest BCUT2D eigenvalue weighted by Crippen LogP contribution is -2.13. The van der Waals surface area contributed by atoms with E-state index in [2.05, 4.69) is 60.4 Å². The fourth-order valence-electron chi connectivity index (χ4n) is 2.53. The number of hydrogen-bond donors (Lipinski definition) is 0. The first-order valence-electron chi connectivity index (χ1n) is 7.77. The molecule has 0 aliphatic rings. The molecule has 0 heterocycles. The van der Waals surface area contributed by atoms with E-state index >= 15 is 0 Å². The second-order valence-corrected chi connectivity index (χ2v) is 9.79. The van der Waals surface area contributed by atoms with Gasteiger partial charge in [0, 0.05) is 6.04 Å². The van der Waals surface area contributed by atoms with E-state index in [0.29, 0.717) is 0 Å². The van der Waals surface area contributed by atoms with E-state index in [1.165, 1.54) is 10.6 Å². The monoisotopic (exact) mass is 350 g/mol. The predicted molar refractivity (Wildman–Crippen MR) is 108 cm³/mol. The summed E-state index contributed by atoms with van der Waals surface area (Å²) in [5.74, 6) is 3.06. The molecule has 0 unspecified atom stereocenters. The minimum Gasteiger partial charge on any atom is -0.497 e. The molecule has 3 aromatic carbocycles. The van der Waals surface area contributed by atoms with Crippen molar-refractivity contribution in [2.45, 2.75) is 0 Å². The summed E-state index contributed by atoms with van der Waals surface area (Å²) in [5.41, 5.74) is 1.12. The Balaban J connectivity index is 2.02. The van der Waals surface area contributed by atoms with Crippen LogP contribution in [0.4, 0.5) is 0 Å². The summed E-state index contributed by atoms with van der Waals surface area (Å²) in [6.07, 6.45) is 2.13. The van der Waals surface area contributed by atoms with Crippen molar-refractivity contribution in [1.82, 2.24) is 0 Å². The summed E-state index contributed by atoms with van der Waals surface area (Å²) in [4.78, 5) is 0. The van der Waals surface area contributed by atoms with Crippen LogP contribution in [-0.2, 0) is 11.8 Å². The number of benzene rings is 3. The molecule has 3 heteroatoms. The van der Waals surface area contributed by atoms with Crippen molar-refractivity contribution in [3.8, 4) is 5.75 Å². The smallest absolute Gasteiger partial charge is 0.118 e. The highest BCUT2D eigenvalue weighted by atomic mass is 32.4. The van der Waals surface area contributed by atoms with Crippen molar-refractivity contribution in [1.29, 1.82) is 0 Å². The van der Waals surface area contributed by atoms with E-state index in [4.69, 9.17) is 16.5 Å². The fourth-order valence-corrected chi connectivity index (χ4v) is 5.69. The normalized spacial score (nSPS) is 11.5. The van der Waals surface area contributed by atoms with Crippen LogP contribution in [0, 0.1) is 0 Å². The van der Waals surface area contributed by atoms with Crippen LogP contribution in [0.3, 0.4) is 0 Å². The van der Waals surface area contributed by atoms with E-state index < -0.39 is 6.04 Å². The molecular formula is C21H19OPS. The van der Waals surface area contributed by atoms with Crippen molar-refractivity contribution in [3.63, 3.8) is 0 Å². The molecule has 0 atom stereocenters. The summed E-state index contributed by atoms with van der Waals surface area (Å²) in [6, 6.07) is 26.8. The molecule has 0 saturated carbocycles. The molecule has 0 fully saturated rings. The van der Waals surface area contributed by atoms with Crippen LogP contribution in [0.5, 0.6) is 5.75 Å². The Kier molecular flexibility index (Phi) is 5.30. The SMILES string of the molecule is COc1ccc(/C=C/P(=S)(c2ccccc2)c2ccccc2)cc1. The highest BCUT2D eigenvalue weighted by Crippen LogP contribution is 2.45. The maximum absolute atomic E-state index is 6.18. The van der Waals surface area contributed by atoms with Gasteiger partial charge in [-0.25, -0.2) is 0 Å². The first kappa shape index (κ1) is 16.7. The largest absolute Gasteiger partial charge is 0.497 e. The number of rotatable bonds is 5. The van der Waals surface area contributed by atoms with Gasteiger partial charge in [0.05, 0.1) is 7.11 Å². The van der Waals surface area contributed by atoms with Crippen LogP contribution >= 0.6 is 6.04 Å². The lowest BCUT2D eigenvalue weighted by molar-refractivity contribution is 0.415. The molecule has 0 saturated heterocycles. The van der Waals surface area contributed by atoms with Gasteiger partial charge in [-0.1, -0.05) is 90.7 Å². The summed E-state index contributed by atoms with van der Waals surface area (Å²) >= 11 is 6.18. The van der Waals surface area contributed by atoms with Crippen LogP contribution in [0.1, 0.15) is 5.56 Å². The Morgan fingerprint density at radius 3 is 1.71 bits per heavy atom. The van der Waals surface area contributed by atoms with E-state index in [1.807, 2.05) is 36.4 Å². The van der Waals surface area contributed by atoms with Gasteiger partial charge in [0.15, 0.2) is 0 Å². The third-order valence-electron chi connectivity index (χ3n) is 3.87. The maximum Gasteiger partial charge on any atom is 0.118 e. The summed E-state index contributed by atoms with van der Waals surface area (Å²) < 4.78 is 5.22. The highest BCUT2D eigenvalue weighted by Gasteiger charge is 2.18. The summed E-state index contributed by atoms with van der Waals surface area (Å²) in [6.45, 7) is 0. The van der Waals surface area contributed by atoms with E-state index in [0.717, 1.165) is 11.3 Å². The van der Waals surface area contributed by atoms with Gasteiger partial charge in [0.25, 0.3) is 0 Å². The molecule has 0 spiro atoms. The first-order valence-corrected chi connectivity index (χ1v) is 10.6. The zero-order chi connectivity index (χ0) is 16.8. The maximum atomic E-state index is 6.18. The zero-order valence-electron chi connectivity index (χ0n) is 13.5. The summed E-state index contributed by atoms with van der Waals surface area (Å²) in [7, 11) is 1.68. The first-order chi connectivity index (χ1) is 11.7. The second kappa shape index (κ2) is 7.61. The lowest BCUT2D eigenvalue weighted by Gasteiger charge is -2.19. The third-order valence-corrected chi connectivity index (χ3v) is 8.20. The van der Waals surface area contributed by atoms with Gasteiger partial charge < -0.3 is 4.74 Å². The molecule has 120 valence electrons. The summed E-state index contributed by atoms with van der Waals surface area (Å²) in [5, 5.41) is 2.41. The molecule has 0 aromatic heterocycles. The van der Waals surface area contributed by atoms with E-state index in [-0.39, 0.29) is 0 Å². The van der Waals surface area contributed by atoms with Crippen LogP contribution < -0.4 is 15.3 Å². The Morgan fingerprint density at radius 1 is 0.750 bits per heavy atom. The molecule has 24 heavy (non-hydrogen) atoms. The minimum atomic E-state index is -1.99. The minimum absolute atomic E-state index is 0.859. The van der Waals surface area contributed by atoms with Crippen molar-refractivity contribution in [2.24, 2.45) is 0 Å². The predicted octanol–water partition coefficient (Wildman–Crippen LogP) is 4.80. The van der Waals surface area contributed by atoms with Gasteiger partial charge in [0.2, 0.25) is 0 Å². The molecule has 3 aromatic rings. The van der Waals surface area contributed by atoms with E-state index in [1.54, 1.807) is 7.11 Å². The van der Waals surface area contributed by atoms with Crippen molar-refractivity contribution in [3.05, 3.63) is 96.3 Å². The van der Waals surface area contributed by atoms with E-state index in [9.17, 15) is 0 Å².